The Hall–Kier alpha value is -2.94. The van der Waals surface area contributed by atoms with Crippen molar-refractivity contribution in [2.45, 2.75) is 25.2 Å². The quantitative estimate of drug-likeness (QED) is 0.675. The molecular formula is C18H15F4N3O2. The monoisotopic (exact) mass is 381 g/mol. The normalized spacial score (nSPS) is 14.0. The largest absolute Gasteiger partial charge is 0.457 e. The summed E-state index contributed by atoms with van der Waals surface area (Å²) in [5, 5.41) is 14.5. The van der Waals surface area contributed by atoms with Crippen LogP contribution in [0.5, 0.6) is 11.5 Å². The number of hydrogen-bond acceptors (Lipinski definition) is 4. The summed E-state index contributed by atoms with van der Waals surface area (Å²) < 4.78 is 60.3. The van der Waals surface area contributed by atoms with Gasteiger partial charge < -0.3 is 9.84 Å². The molecule has 1 N–H and O–H groups in total. The van der Waals surface area contributed by atoms with Gasteiger partial charge in [0.15, 0.2) is 0 Å². The second-order valence-electron chi connectivity index (χ2n) is 6.13. The summed E-state index contributed by atoms with van der Waals surface area (Å²) in [5.74, 6) is -0.390. The van der Waals surface area contributed by atoms with Crippen LogP contribution in [-0.4, -0.2) is 19.9 Å². The molecule has 0 aliphatic heterocycles. The van der Waals surface area contributed by atoms with Gasteiger partial charge in [0.05, 0.1) is 12.1 Å². The number of halogens is 4. The van der Waals surface area contributed by atoms with Crippen molar-refractivity contribution in [2.75, 3.05) is 0 Å². The Morgan fingerprint density at radius 3 is 2.30 bits per heavy atom. The van der Waals surface area contributed by atoms with E-state index in [9.17, 15) is 22.7 Å². The summed E-state index contributed by atoms with van der Waals surface area (Å²) in [6.07, 6.45) is -2.20. The number of nitrogens with zero attached hydrogens (tertiary/aromatic N) is 3. The molecule has 0 amide bonds. The van der Waals surface area contributed by atoms with Crippen LogP contribution in [0.2, 0.25) is 0 Å². The molecule has 0 saturated heterocycles. The third-order valence-corrected chi connectivity index (χ3v) is 3.86. The third kappa shape index (κ3) is 4.43. The summed E-state index contributed by atoms with van der Waals surface area (Å²) >= 11 is 0. The van der Waals surface area contributed by atoms with Crippen molar-refractivity contribution in [1.29, 1.82) is 0 Å². The fraction of sp³-hybridized carbons (Fsp3) is 0.222. The van der Waals surface area contributed by atoms with Crippen molar-refractivity contribution >= 4 is 0 Å². The number of alkyl halides is 3. The predicted molar refractivity (Wildman–Crippen MR) is 87.5 cm³/mol. The van der Waals surface area contributed by atoms with Crippen molar-refractivity contribution < 1.29 is 27.4 Å². The molecule has 1 atom stereocenters. The number of rotatable bonds is 5. The van der Waals surface area contributed by atoms with Gasteiger partial charge in [-0.3, -0.25) is 0 Å². The number of benzene rings is 2. The zero-order valence-corrected chi connectivity index (χ0v) is 14.1. The molecule has 3 rings (SSSR count). The standard InChI is InChI=1S/C18H15F4N3O2/c1-17(26,9-25-11-23-10-24-25)15-7-6-14(8-16(15)18(20,21)22)27-13-4-2-12(19)3-5-13/h2-8,10-11,26H,9H2,1H3/t17-/m0/s1. The summed E-state index contributed by atoms with van der Waals surface area (Å²) in [6, 6.07) is 8.14. The van der Waals surface area contributed by atoms with Crippen molar-refractivity contribution in [3.8, 4) is 11.5 Å². The molecule has 0 bridgehead atoms. The summed E-state index contributed by atoms with van der Waals surface area (Å²) in [5.41, 5.74) is -3.21. The van der Waals surface area contributed by atoms with E-state index in [-0.39, 0.29) is 23.6 Å². The lowest BCUT2D eigenvalue weighted by molar-refractivity contribution is -0.140. The molecule has 0 radical (unpaired) electrons. The number of aliphatic hydroxyl groups is 1. The van der Waals surface area contributed by atoms with E-state index in [2.05, 4.69) is 10.1 Å². The maximum Gasteiger partial charge on any atom is 0.416 e. The van der Waals surface area contributed by atoms with Gasteiger partial charge in [-0.05, 0) is 48.9 Å². The van der Waals surface area contributed by atoms with Crippen LogP contribution in [0.1, 0.15) is 18.1 Å². The lowest BCUT2D eigenvalue weighted by atomic mass is 9.90. The molecule has 1 aromatic heterocycles. The second kappa shape index (κ2) is 6.99. The van der Waals surface area contributed by atoms with E-state index in [1.807, 2.05) is 0 Å². The Morgan fingerprint density at radius 2 is 1.70 bits per heavy atom. The van der Waals surface area contributed by atoms with E-state index >= 15 is 0 Å². The van der Waals surface area contributed by atoms with Gasteiger partial charge in [0.25, 0.3) is 0 Å². The maximum absolute atomic E-state index is 13.6. The van der Waals surface area contributed by atoms with Crippen LogP contribution in [0.3, 0.4) is 0 Å². The summed E-state index contributed by atoms with van der Waals surface area (Å²) in [7, 11) is 0. The number of hydrogen-bond donors (Lipinski definition) is 1. The molecule has 3 aromatic rings. The molecule has 5 nitrogen and oxygen atoms in total. The fourth-order valence-electron chi connectivity index (χ4n) is 2.64. The SMILES string of the molecule is C[C@](O)(Cn1cncn1)c1ccc(Oc2ccc(F)cc2)cc1C(F)(F)F. The lowest BCUT2D eigenvalue weighted by Crippen LogP contribution is -2.31. The van der Waals surface area contributed by atoms with Gasteiger partial charge >= 0.3 is 6.18 Å². The van der Waals surface area contributed by atoms with Gasteiger partial charge in [0, 0.05) is 0 Å². The molecule has 0 fully saturated rings. The highest BCUT2D eigenvalue weighted by Gasteiger charge is 2.39. The molecule has 0 aliphatic carbocycles. The first-order valence-electron chi connectivity index (χ1n) is 7.85. The van der Waals surface area contributed by atoms with E-state index < -0.39 is 23.2 Å². The van der Waals surface area contributed by atoms with Gasteiger partial charge in [-0.1, -0.05) is 6.07 Å². The minimum Gasteiger partial charge on any atom is -0.457 e. The fourth-order valence-corrected chi connectivity index (χ4v) is 2.64. The van der Waals surface area contributed by atoms with Crippen LogP contribution >= 0.6 is 0 Å². The van der Waals surface area contributed by atoms with Gasteiger partial charge in [-0.15, -0.1) is 0 Å². The zero-order valence-electron chi connectivity index (χ0n) is 14.1. The van der Waals surface area contributed by atoms with Gasteiger partial charge in [0.2, 0.25) is 0 Å². The van der Waals surface area contributed by atoms with Crippen molar-refractivity contribution in [2.24, 2.45) is 0 Å². The molecule has 9 heteroatoms. The molecular weight excluding hydrogens is 366 g/mol. The number of aromatic nitrogens is 3. The minimum absolute atomic E-state index is 0.0887. The van der Waals surface area contributed by atoms with Crippen molar-refractivity contribution in [3.05, 3.63) is 72.1 Å². The molecule has 2 aromatic carbocycles. The van der Waals surface area contributed by atoms with Crippen molar-refractivity contribution in [3.63, 3.8) is 0 Å². The van der Waals surface area contributed by atoms with Crippen LogP contribution in [0.25, 0.3) is 0 Å². The number of ether oxygens (including phenoxy) is 1. The Morgan fingerprint density at radius 1 is 1.04 bits per heavy atom. The molecule has 27 heavy (non-hydrogen) atoms. The van der Waals surface area contributed by atoms with Gasteiger partial charge in [-0.2, -0.15) is 18.3 Å². The first-order chi connectivity index (χ1) is 12.6. The first kappa shape index (κ1) is 18.8. The topological polar surface area (TPSA) is 60.2 Å². The Bertz CT molecular complexity index is 907. The third-order valence-electron chi connectivity index (χ3n) is 3.86. The minimum atomic E-state index is -4.72. The van der Waals surface area contributed by atoms with Crippen LogP contribution in [-0.2, 0) is 18.3 Å². The highest BCUT2D eigenvalue weighted by molar-refractivity contribution is 5.42. The molecule has 0 aliphatic rings. The average Bonchev–Trinajstić information content (AvgIpc) is 3.08. The smallest absolute Gasteiger partial charge is 0.416 e. The summed E-state index contributed by atoms with van der Waals surface area (Å²) in [6.45, 7) is 1.05. The van der Waals surface area contributed by atoms with Crippen molar-refractivity contribution in [1.82, 2.24) is 14.8 Å². The maximum atomic E-state index is 13.6. The Labute approximate surface area is 151 Å². The predicted octanol–water partition coefficient (Wildman–Crippen LogP) is 4.14. The average molecular weight is 381 g/mol. The second-order valence-corrected chi connectivity index (χ2v) is 6.13. The molecule has 0 unspecified atom stereocenters. The van der Waals surface area contributed by atoms with E-state index in [4.69, 9.17) is 4.74 Å². The van der Waals surface area contributed by atoms with Crippen LogP contribution in [0.15, 0.2) is 55.1 Å². The van der Waals surface area contributed by atoms with Gasteiger partial charge in [0.1, 0.15) is 35.6 Å². The van der Waals surface area contributed by atoms with Crippen LogP contribution in [0, 0.1) is 5.82 Å². The lowest BCUT2D eigenvalue weighted by Gasteiger charge is -2.27. The zero-order chi connectivity index (χ0) is 19.7. The molecule has 142 valence electrons. The first-order valence-corrected chi connectivity index (χ1v) is 7.85. The molecule has 0 saturated carbocycles. The van der Waals surface area contributed by atoms with Crippen LogP contribution < -0.4 is 4.74 Å². The van der Waals surface area contributed by atoms with Gasteiger partial charge in [-0.25, -0.2) is 14.1 Å². The Kier molecular flexibility index (Phi) is 4.88. The highest BCUT2D eigenvalue weighted by atomic mass is 19.4. The van der Waals surface area contributed by atoms with E-state index in [1.54, 1.807) is 0 Å². The summed E-state index contributed by atoms with van der Waals surface area (Å²) in [4.78, 5) is 3.71. The van der Waals surface area contributed by atoms with E-state index in [0.717, 1.165) is 24.3 Å². The van der Waals surface area contributed by atoms with E-state index in [1.165, 1.54) is 42.5 Å². The molecule has 1 heterocycles. The highest BCUT2D eigenvalue weighted by Crippen LogP contribution is 2.40. The molecule has 0 spiro atoms. The Balaban J connectivity index is 1.95. The van der Waals surface area contributed by atoms with Crippen LogP contribution in [0.4, 0.5) is 17.6 Å². The van der Waals surface area contributed by atoms with E-state index in [0.29, 0.717) is 0 Å².